The first kappa shape index (κ1) is 8.46. The first-order valence-corrected chi connectivity index (χ1v) is 4.18. The first-order chi connectivity index (χ1) is 5.16. The highest BCUT2D eigenvalue weighted by Crippen LogP contribution is 2.15. The lowest BCUT2D eigenvalue weighted by atomic mass is 10.3. The highest BCUT2D eigenvalue weighted by molar-refractivity contribution is 9.10. The summed E-state index contributed by atoms with van der Waals surface area (Å²) in [6.45, 7) is 4.21. The number of carbonyl (C=O) groups is 1. The van der Waals surface area contributed by atoms with E-state index >= 15 is 0 Å². The maximum absolute atomic E-state index is 11.0. The molecule has 0 radical (unpaired) electrons. The lowest BCUT2D eigenvalue weighted by Crippen LogP contribution is -2.06. The molecule has 0 bridgehead atoms. The smallest absolute Gasteiger partial charge is 0.178 e. The average Bonchev–Trinajstić information content (AvgIpc) is 2.30. The van der Waals surface area contributed by atoms with E-state index in [1.807, 2.05) is 6.92 Å². The van der Waals surface area contributed by atoms with Gasteiger partial charge in [-0.2, -0.15) is 5.10 Å². The van der Waals surface area contributed by atoms with Crippen LogP contribution in [0.1, 0.15) is 24.3 Å². The summed E-state index contributed by atoms with van der Waals surface area (Å²) in [6, 6.07) is 0. The Morgan fingerprint density at radius 1 is 1.82 bits per heavy atom. The Labute approximate surface area is 73.5 Å². The number of carbonyl (C=O) groups excluding carboxylic acids is 1. The Morgan fingerprint density at radius 3 is 2.82 bits per heavy atom. The molecule has 1 heterocycles. The Kier molecular flexibility index (Phi) is 2.44. The second-order valence-electron chi connectivity index (χ2n) is 2.21. The molecule has 0 aliphatic heterocycles. The van der Waals surface area contributed by atoms with Gasteiger partial charge >= 0.3 is 0 Å². The van der Waals surface area contributed by atoms with Gasteiger partial charge in [0.05, 0.1) is 10.7 Å². The van der Waals surface area contributed by atoms with Crippen molar-refractivity contribution in [1.82, 2.24) is 9.78 Å². The van der Waals surface area contributed by atoms with Crippen LogP contribution in [0.15, 0.2) is 10.7 Å². The molecule has 0 saturated carbocycles. The Balaban J connectivity index is 3.17. The normalized spacial score (nSPS) is 10.1. The van der Waals surface area contributed by atoms with Gasteiger partial charge < -0.3 is 0 Å². The number of aryl methyl sites for hydroxylation is 1. The van der Waals surface area contributed by atoms with Gasteiger partial charge in [0, 0.05) is 13.5 Å². The Hall–Kier alpha value is -0.640. The van der Waals surface area contributed by atoms with Crippen LogP contribution in [0.4, 0.5) is 0 Å². The number of hydrogen-bond acceptors (Lipinski definition) is 2. The van der Waals surface area contributed by atoms with Crippen LogP contribution < -0.4 is 0 Å². The van der Waals surface area contributed by atoms with Gasteiger partial charge in [0.2, 0.25) is 0 Å². The number of rotatable bonds is 2. The van der Waals surface area contributed by atoms with Crippen molar-refractivity contribution in [2.24, 2.45) is 0 Å². The fourth-order valence-electron chi connectivity index (χ4n) is 0.952. The number of Topliss-reactive ketones (excluding diaryl/α,β-unsaturated/α-hetero) is 1. The van der Waals surface area contributed by atoms with E-state index in [0.29, 0.717) is 5.69 Å². The molecule has 0 aliphatic rings. The molecule has 0 unspecified atom stereocenters. The van der Waals surface area contributed by atoms with Gasteiger partial charge in [-0.15, -0.1) is 0 Å². The summed E-state index contributed by atoms with van der Waals surface area (Å²) in [7, 11) is 0. The number of halogens is 1. The summed E-state index contributed by atoms with van der Waals surface area (Å²) >= 11 is 3.25. The van der Waals surface area contributed by atoms with E-state index in [-0.39, 0.29) is 5.78 Å². The maximum atomic E-state index is 11.0. The van der Waals surface area contributed by atoms with Crippen molar-refractivity contribution in [1.29, 1.82) is 0 Å². The van der Waals surface area contributed by atoms with Crippen LogP contribution in [0.25, 0.3) is 0 Å². The maximum Gasteiger partial charge on any atom is 0.178 e. The van der Waals surface area contributed by atoms with Crippen LogP contribution in [-0.4, -0.2) is 15.6 Å². The van der Waals surface area contributed by atoms with Gasteiger partial charge in [-0.1, -0.05) is 0 Å². The summed E-state index contributed by atoms with van der Waals surface area (Å²) in [5.41, 5.74) is 0.646. The van der Waals surface area contributed by atoms with Gasteiger partial charge in [-0.3, -0.25) is 9.48 Å². The van der Waals surface area contributed by atoms with Gasteiger partial charge in [0.15, 0.2) is 5.78 Å². The number of ketones is 1. The van der Waals surface area contributed by atoms with Gasteiger partial charge in [0.25, 0.3) is 0 Å². The molecule has 4 heteroatoms. The van der Waals surface area contributed by atoms with Crippen molar-refractivity contribution < 1.29 is 4.79 Å². The fourth-order valence-corrected chi connectivity index (χ4v) is 1.53. The van der Waals surface area contributed by atoms with Crippen molar-refractivity contribution in [2.75, 3.05) is 0 Å². The summed E-state index contributed by atoms with van der Waals surface area (Å²) < 4.78 is 2.44. The summed E-state index contributed by atoms with van der Waals surface area (Å²) in [5, 5.41) is 4.00. The highest BCUT2D eigenvalue weighted by atomic mass is 79.9. The largest absolute Gasteiger partial charge is 0.293 e. The molecule has 0 aliphatic carbocycles. The first-order valence-electron chi connectivity index (χ1n) is 3.39. The molecule has 0 atom stereocenters. The quantitative estimate of drug-likeness (QED) is 0.708. The molecular weight excluding hydrogens is 208 g/mol. The second kappa shape index (κ2) is 3.17. The van der Waals surface area contributed by atoms with Crippen LogP contribution in [0.2, 0.25) is 0 Å². The van der Waals surface area contributed by atoms with Crippen LogP contribution >= 0.6 is 15.9 Å². The third kappa shape index (κ3) is 1.50. The van der Waals surface area contributed by atoms with E-state index in [1.54, 1.807) is 10.9 Å². The molecule has 1 aromatic rings. The monoisotopic (exact) mass is 216 g/mol. The van der Waals surface area contributed by atoms with Crippen molar-refractivity contribution in [3.63, 3.8) is 0 Å². The fraction of sp³-hybridized carbons (Fsp3) is 0.429. The zero-order valence-electron chi connectivity index (χ0n) is 6.47. The summed E-state index contributed by atoms with van der Waals surface area (Å²) in [4.78, 5) is 11.0. The highest BCUT2D eigenvalue weighted by Gasteiger charge is 2.10. The minimum Gasteiger partial charge on any atom is -0.293 e. The van der Waals surface area contributed by atoms with Crippen molar-refractivity contribution in [3.05, 3.63) is 16.4 Å². The Bertz CT molecular complexity index is 280. The molecule has 0 aromatic carbocycles. The van der Waals surface area contributed by atoms with Crippen molar-refractivity contribution >= 4 is 21.7 Å². The van der Waals surface area contributed by atoms with Crippen LogP contribution in [-0.2, 0) is 6.54 Å². The standard InChI is InChI=1S/C7H9BrN2O/c1-3-10-7(5(2)11)6(8)4-9-10/h4H,3H2,1-2H3. The molecule has 11 heavy (non-hydrogen) atoms. The molecule has 0 saturated heterocycles. The predicted molar refractivity (Wildman–Crippen MR) is 45.6 cm³/mol. The lowest BCUT2D eigenvalue weighted by molar-refractivity contribution is 0.100. The average molecular weight is 217 g/mol. The predicted octanol–water partition coefficient (Wildman–Crippen LogP) is 1.87. The van der Waals surface area contributed by atoms with Gasteiger partial charge in [-0.05, 0) is 22.9 Å². The second-order valence-corrected chi connectivity index (χ2v) is 3.07. The van der Waals surface area contributed by atoms with E-state index in [2.05, 4.69) is 21.0 Å². The van der Waals surface area contributed by atoms with Gasteiger partial charge in [-0.25, -0.2) is 0 Å². The van der Waals surface area contributed by atoms with E-state index in [9.17, 15) is 4.79 Å². The van der Waals surface area contributed by atoms with Crippen LogP contribution in [0, 0.1) is 0 Å². The van der Waals surface area contributed by atoms with Crippen molar-refractivity contribution in [2.45, 2.75) is 20.4 Å². The minimum absolute atomic E-state index is 0.0382. The number of nitrogens with zero attached hydrogens (tertiary/aromatic N) is 2. The zero-order valence-corrected chi connectivity index (χ0v) is 8.05. The summed E-state index contributed by atoms with van der Waals surface area (Å²) in [6.07, 6.45) is 1.64. The topological polar surface area (TPSA) is 34.9 Å². The van der Waals surface area contributed by atoms with Crippen LogP contribution in [0.3, 0.4) is 0 Å². The molecule has 60 valence electrons. The van der Waals surface area contributed by atoms with E-state index < -0.39 is 0 Å². The van der Waals surface area contributed by atoms with Crippen LogP contribution in [0.5, 0.6) is 0 Å². The third-order valence-corrected chi connectivity index (χ3v) is 2.01. The molecule has 0 amide bonds. The number of hydrogen-bond donors (Lipinski definition) is 0. The molecule has 0 fully saturated rings. The molecule has 1 rings (SSSR count). The molecule has 0 spiro atoms. The van der Waals surface area contributed by atoms with Gasteiger partial charge in [0.1, 0.15) is 5.69 Å². The molecule has 3 nitrogen and oxygen atoms in total. The van der Waals surface area contributed by atoms with E-state index in [0.717, 1.165) is 11.0 Å². The zero-order chi connectivity index (χ0) is 8.43. The van der Waals surface area contributed by atoms with Crippen molar-refractivity contribution in [3.8, 4) is 0 Å². The van der Waals surface area contributed by atoms with E-state index in [1.165, 1.54) is 6.92 Å². The third-order valence-electron chi connectivity index (χ3n) is 1.43. The SMILES string of the molecule is CCn1ncc(Br)c1C(C)=O. The molecule has 0 N–H and O–H groups in total. The minimum atomic E-state index is 0.0382. The van der Waals surface area contributed by atoms with E-state index in [4.69, 9.17) is 0 Å². The Morgan fingerprint density at radius 2 is 2.45 bits per heavy atom. The molecule has 1 aromatic heterocycles. The lowest BCUT2D eigenvalue weighted by Gasteiger charge is -1.99. The summed E-state index contributed by atoms with van der Waals surface area (Å²) in [5.74, 6) is 0.0382. The molecular formula is C7H9BrN2O. The number of aromatic nitrogens is 2.